The van der Waals surface area contributed by atoms with E-state index in [0.717, 1.165) is 0 Å². The summed E-state index contributed by atoms with van der Waals surface area (Å²) < 4.78 is 0.529. The second-order valence-corrected chi connectivity index (χ2v) is 9.65. The van der Waals surface area contributed by atoms with Crippen LogP contribution < -0.4 is 0 Å². The Kier molecular flexibility index (Phi) is 5.47. The maximum absolute atomic E-state index is 3.80. The predicted octanol–water partition coefficient (Wildman–Crippen LogP) is 5.76. The normalized spacial score (nSPS) is 29.1. The van der Waals surface area contributed by atoms with E-state index in [-0.39, 0.29) is 3.23 Å². The Morgan fingerprint density at radius 3 is 1.93 bits per heavy atom. The van der Waals surface area contributed by atoms with Crippen molar-refractivity contribution in [2.45, 2.75) is 65.8 Å². The van der Waals surface area contributed by atoms with Gasteiger partial charge in [0.2, 0.25) is 0 Å². The van der Waals surface area contributed by atoms with Gasteiger partial charge in [0.25, 0.3) is 0 Å². The summed E-state index contributed by atoms with van der Waals surface area (Å²) in [5, 5.41) is 0. The lowest BCUT2D eigenvalue weighted by atomic mass is 10.1. The molecule has 0 spiro atoms. The van der Waals surface area contributed by atoms with Crippen LogP contribution in [-0.2, 0) is 0 Å². The minimum Gasteiger partial charge on any atom is -0.0828 e. The molecule has 0 saturated heterocycles. The van der Waals surface area contributed by atoms with Gasteiger partial charge in [-0.3, -0.25) is 0 Å². The Balaban J connectivity index is 1.95. The zero-order chi connectivity index (χ0) is 10.7. The number of hydrogen-bond donors (Lipinski definition) is 0. The molecule has 1 fully saturated rings. The summed E-state index contributed by atoms with van der Waals surface area (Å²) in [6.07, 6.45) is 10.8. The van der Waals surface area contributed by atoms with Gasteiger partial charge in [0.1, 0.15) is 0 Å². The number of rotatable bonds is 7. The lowest BCUT2D eigenvalue weighted by molar-refractivity contribution is 0.582. The van der Waals surface area contributed by atoms with Crippen LogP contribution in [0.1, 0.15) is 58.3 Å². The van der Waals surface area contributed by atoms with Crippen molar-refractivity contribution in [3.8, 4) is 0 Å². The topological polar surface area (TPSA) is 0 Å². The third kappa shape index (κ3) is 3.79. The fraction of sp³-hybridized carbons (Fsp3) is 1.00. The molecule has 0 amide bonds. The maximum Gasteiger partial charge on any atom is 0.0972 e. The van der Waals surface area contributed by atoms with Crippen molar-refractivity contribution >= 4 is 47.8 Å². The van der Waals surface area contributed by atoms with Gasteiger partial charge in [0, 0.05) is 0 Å². The molecule has 0 aromatic heterocycles. The van der Waals surface area contributed by atoms with Crippen LogP contribution in [0.25, 0.3) is 0 Å². The van der Waals surface area contributed by atoms with Crippen LogP contribution in [0.2, 0.25) is 0 Å². The maximum atomic E-state index is 3.80. The smallest absolute Gasteiger partial charge is 0.0828 e. The zero-order valence-electron chi connectivity index (χ0n) is 8.79. The molecule has 1 unspecified atom stereocenters. The molecule has 1 saturated carbocycles. The second kappa shape index (κ2) is 5.67. The van der Waals surface area contributed by atoms with Crippen LogP contribution in [0.5, 0.6) is 0 Å². The Hall–Kier alpha value is 1.44. The Bertz CT molecular complexity index is 179. The van der Waals surface area contributed by atoms with Crippen LogP contribution in [0.15, 0.2) is 0 Å². The molecule has 14 heavy (non-hydrogen) atoms. The second-order valence-electron chi connectivity index (χ2n) is 4.36. The minimum absolute atomic E-state index is 0.191. The van der Waals surface area contributed by atoms with Crippen LogP contribution in [0.4, 0.5) is 0 Å². The lowest BCUT2D eigenvalue weighted by Gasteiger charge is -2.09. The Morgan fingerprint density at radius 1 is 0.929 bits per heavy atom. The molecule has 0 nitrogen and oxygen atoms in total. The molecule has 0 aromatic rings. The van der Waals surface area contributed by atoms with Crippen LogP contribution in [0, 0.1) is 0 Å². The predicted molar refractivity (Wildman–Crippen MR) is 74.9 cm³/mol. The summed E-state index contributed by atoms with van der Waals surface area (Å²) in [4.78, 5) is 0. The highest BCUT2D eigenvalue weighted by Crippen LogP contribution is 2.67. The van der Waals surface area contributed by atoms with Gasteiger partial charge in [-0.15, -0.1) is 0 Å². The van der Waals surface area contributed by atoms with Crippen molar-refractivity contribution < 1.29 is 0 Å². The van der Waals surface area contributed by atoms with E-state index >= 15 is 0 Å². The van der Waals surface area contributed by atoms with E-state index in [2.05, 4.69) is 54.7 Å². The summed E-state index contributed by atoms with van der Waals surface area (Å²) in [6.45, 7) is 2.27. The van der Waals surface area contributed by atoms with Gasteiger partial charge in [-0.2, -0.15) is 0 Å². The molecule has 1 aliphatic rings. The number of alkyl halides is 3. The molecule has 0 aromatic carbocycles. The van der Waals surface area contributed by atoms with Crippen LogP contribution in [-0.4, -0.2) is 7.56 Å². The summed E-state index contributed by atoms with van der Waals surface area (Å²) in [5.74, 6) is 0. The van der Waals surface area contributed by atoms with Gasteiger partial charge in [-0.05, 0) is 12.8 Å². The van der Waals surface area contributed by atoms with Gasteiger partial charge < -0.3 is 0 Å². The monoisotopic (exact) mass is 388 g/mol. The highest BCUT2D eigenvalue weighted by atomic mass is 79.9. The highest BCUT2D eigenvalue weighted by Gasteiger charge is 2.62. The van der Waals surface area contributed by atoms with E-state index in [1.54, 1.807) is 0 Å². The van der Waals surface area contributed by atoms with E-state index in [0.29, 0.717) is 4.32 Å². The molecule has 0 aliphatic heterocycles. The molecule has 84 valence electrons. The van der Waals surface area contributed by atoms with Crippen LogP contribution >= 0.6 is 47.8 Å². The molecule has 0 bridgehead atoms. The van der Waals surface area contributed by atoms with Crippen LogP contribution in [0.3, 0.4) is 0 Å². The Labute approximate surface area is 113 Å². The van der Waals surface area contributed by atoms with Crippen molar-refractivity contribution in [2.75, 3.05) is 0 Å². The van der Waals surface area contributed by atoms with Crippen molar-refractivity contribution in [1.82, 2.24) is 0 Å². The van der Waals surface area contributed by atoms with Gasteiger partial charge in [0.15, 0.2) is 0 Å². The molecular weight excluding hydrogens is 372 g/mol. The first-order valence-electron chi connectivity index (χ1n) is 5.58. The summed E-state index contributed by atoms with van der Waals surface area (Å²) in [6, 6.07) is 0. The molecular formula is C11H19Br3. The molecule has 1 aliphatic carbocycles. The first-order chi connectivity index (χ1) is 6.52. The standard InChI is InChI=1S/C11H19Br3/c1-2-3-4-5-6-7-8-10(12)9-11(10,13)14/h2-9H2,1H3. The quantitative estimate of drug-likeness (QED) is 0.383. The zero-order valence-corrected chi connectivity index (χ0v) is 13.5. The first kappa shape index (κ1) is 13.5. The number of hydrogen-bond acceptors (Lipinski definition) is 0. The first-order valence-corrected chi connectivity index (χ1v) is 7.96. The van der Waals surface area contributed by atoms with Gasteiger partial charge in [-0.1, -0.05) is 93.2 Å². The Morgan fingerprint density at radius 2 is 1.43 bits per heavy atom. The van der Waals surface area contributed by atoms with Crippen molar-refractivity contribution in [3.05, 3.63) is 0 Å². The third-order valence-corrected chi connectivity index (χ3v) is 7.46. The van der Waals surface area contributed by atoms with E-state index in [1.165, 1.54) is 51.4 Å². The van der Waals surface area contributed by atoms with Crippen molar-refractivity contribution in [2.24, 2.45) is 0 Å². The minimum atomic E-state index is 0.191. The van der Waals surface area contributed by atoms with E-state index in [4.69, 9.17) is 0 Å². The van der Waals surface area contributed by atoms with Crippen molar-refractivity contribution in [1.29, 1.82) is 0 Å². The molecule has 0 radical (unpaired) electrons. The van der Waals surface area contributed by atoms with E-state index in [1.807, 2.05) is 0 Å². The molecule has 0 heterocycles. The average Bonchev–Trinajstić information content (AvgIpc) is 2.59. The molecule has 3 heteroatoms. The summed E-state index contributed by atoms with van der Waals surface area (Å²) in [5.41, 5.74) is 0. The van der Waals surface area contributed by atoms with E-state index < -0.39 is 0 Å². The third-order valence-electron chi connectivity index (χ3n) is 2.96. The van der Waals surface area contributed by atoms with E-state index in [9.17, 15) is 0 Å². The fourth-order valence-corrected chi connectivity index (χ4v) is 4.57. The van der Waals surface area contributed by atoms with Gasteiger partial charge in [0.05, 0.1) is 7.56 Å². The molecule has 1 atom stereocenters. The average molecular weight is 391 g/mol. The summed E-state index contributed by atoms with van der Waals surface area (Å²) in [7, 11) is 0. The highest BCUT2D eigenvalue weighted by molar-refractivity contribution is 9.26. The molecule has 0 N–H and O–H groups in total. The van der Waals surface area contributed by atoms with Gasteiger partial charge in [-0.25, -0.2) is 0 Å². The van der Waals surface area contributed by atoms with Crippen molar-refractivity contribution in [3.63, 3.8) is 0 Å². The number of halogens is 3. The summed E-state index contributed by atoms with van der Waals surface area (Å²) >= 11 is 11.1. The lowest BCUT2D eigenvalue weighted by Crippen LogP contribution is -2.06. The SMILES string of the molecule is CCCCCCCCC1(Br)CC1(Br)Br. The number of unbranched alkanes of at least 4 members (excludes halogenated alkanes) is 5. The fourth-order valence-electron chi connectivity index (χ4n) is 1.76. The van der Waals surface area contributed by atoms with Gasteiger partial charge >= 0.3 is 0 Å². The molecule has 1 rings (SSSR count). The largest absolute Gasteiger partial charge is 0.0972 e.